The first kappa shape index (κ1) is 9.17. The molecule has 0 aromatic carbocycles. The summed E-state index contributed by atoms with van der Waals surface area (Å²) in [5, 5.41) is 7.57. The van der Waals surface area contributed by atoms with Gasteiger partial charge in [0.2, 0.25) is 0 Å². The minimum atomic E-state index is 0.250. The average Bonchev–Trinajstić information content (AvgIpc) is 1.46. The first-order valence-electron chi connectivity index (χ1n) is 1.23. The summed E-state index contributed by atoms with van der Waals surface area (Å²) in [6, 6.07) is 0. The molecular formula is C2H6O2Zr. The zero-order valence-electron chi connectivity index (χ0n) is 3.06. The van der Waals surface area contributed by atoms with E-state index in [1.807, 2.05) is 0 Å². The molecule has 0 aliphatic carbocycles. The van der Waals surface area contributed by atoms with E-state index in [1.165, 1.54) is 0 Å². The van der Waals surface area contributed by atoms with Crippen LogP contribution < -0.4 is 0 Å². The first-order chi connectivity index (χ1) is 2.41. The molecule has 1 N–H and O–H groups in total. The summed E-state index contributed by atoms with van der Waals surface area (Å²) in [5.41, 5.74) is 0. The van der Waals surface area contributed by atoms with Gasteiger partial charge in [-0.2, -0.15) is 0 Å². The Morgan fingerprint density at radius 3 is 1.80 bits per heavy atom. The maximum absolute atomic E-state index is 8.34. The Kier molecular flexibility index (Phi) is 41.8. The molecule has 0 saturated heterocycles. The molecule has 0 saturated carbocycles. The Morgan fingerprint density at radius 1 is 1.80 bits per heavy atom. The van der Waals surface area contributed by atoms with Gasteiger partial charge in [0.15, 0.2) is 0 Å². The predicted octanol–water partition coefficient (Wildman–Crippen LogP) is -0.123. The van der Waals surface area contributed by atoms with E-state index in [-0.39, 0.29) is 6.61 Å². The molecule has 5 heavy (non-hydrogen) atoms. The molecule has 0 atom stereocenters. The second-order valence-corrected chi connectivity index (χ2v) is 0.316. The Hall–Kier alpha value is 0.643. The molecular weight excluding hydrogens is 147 g/mol. The van der Waals surface area contributed by atoms with Crippen molar-refractivity contribution < 1.29 is 32.6 Å². The second kappa shape index (κ2) is 22.8. The first-order valence-corrected chi connectivity index (χ1v) is 2.23. The zero-order chi connectivity index (χ0) is 4.71. The third kappa shape index (κ3) is 78.4. The van der Waals surface area contributed by atoms with Crippen molar-refractivity contribution in [2.24, 2.45) is 0 Å². The van der Waals surface area contributed by atoms with Crippen LogP contribution in [-0.2, 0) is 27.5 Å². The Balaban J connectivity index is 0. The molecule has 0 aliphatic rings. The Bertz CT molecular complexity index is 11.6. The Morgan fingerprint density at radius 2 is 1.80 bits per heavy atom. The van der Waals surface area contributed by atoms with Gasteiger partial charge in [0.05, 0.1) is 0 Å². The van der Waals surface area contributed by atoms with Gasteiger partial charge in [-0.15, -0.1) is 0 Å². The third-order valence-corrected chi connectivity index (χ3v) is 0. The van der Waals surface area contributed by atoms with Crippen LogP contribution in [0, 0.1) is 0 Å². The van der Waals surface area contributed by atoms with Gasteiger partial charge in [0.25, 0.3) is 0 Å². The molecule has 0 bridgehead atoms. The molecule has 0 heterocycles. The molecule has 30 valence electrons. The number of aliphatic hydroxyl groups is 1. The van der Waals surface area contributed by atoms with E-state index < -0.39 is 0 Å². The van der Waals surface area contributed by atoms with E-state index in [0.717, 1.165) is 0 Å². The van der Waals surface area contributed by atoms with Gasteiger partial charge >= 0.3 is 27.5 Å². The van der Waals surface area contributed by atoms with Crippen molar-refractivity contribution in [3.8, 4) is 0 Å². The molecule has 0 aliphatic heterocycles. The van der Waals surface area contributed by atoms with Crippen molar-refractivity contribution >= 4 is 0 Å². The minimum absolute atomic E-state index is 0.250. The summed E-state index contributed by atoms with van der Waals surface area (Å²) in [6.07, 6.45) is 0. The molecule has 0 amide bonds. The predicted molar refractivity (Wildman–Crippen MR) is 13.4 cm³/mol. The molecule has 0 aromatic rings. The maximum atomic E-state index is 8.34. The van der Waals surface area contributed by atoms with E-state index >= 15 is 0 Å². The van der Waals surface area contributed by atoms with Gasteiger partial charge in [0.1, 0.15) is 0 Å². The number of hydrogen-bond donors (Lipinski definition) is 1. The third-order valence-electron chi connectivity index (χ3n) is 0. The number of rotatable bonds is 0. The second-order valence-electron chi connectivity index (χ2n) is 0.316. The molecule has 0 fully saturated rings. The van der Waals surface area contributed by atoms with Crippen LogP contribution in [0.4, 0.5) is 0 Å². The average molecular weight is 153 g/mol. The normalized spacial score (nSPS) is 4.20. The summed E-state index contributed by atoms with van der Waals surface area (Å²) < 4.78 is 8.34. The van der Waals surface area contributed by atoms with Crippen LogP contribution in [-0.4, -0.2) is 11.7 Å². The van der Waals surface area contributed by atoms with Gasteiger partial charge in [-0.05, 0) is 6.92 Å². The van der Waals surface area contributed by atoms with Crippen LogP contribution in [0.3, 0.4) is 0 Å². The van der Waals surface area contributed by atoms with E-state index in [0.29, 0.717) is 24.7 Å². The Labute approximate surface area is 46.5 Å². The quantitative estimate of drug-likeness (QED) is 0.527. The molecule has 0 unspecified atom stereocenters. The fourth-order valence-corrected chi connectivity index (χ4v) is 0. The van der Waals surface area contributed by atoms with Gasteiger partial charge in [-0.1, -0.05) is 0 Å². The summed E-state index contributed by atoms with van der Waals surface area (Å²) in [5.74, 6) is 0. The molecule has 0 spiro atoms. The van der Waals surface area contributed by atoms with Gasteiger partial charge < -0.3 is 5.11 Å². The monoisotopic (exact) mass is 152 g/mol. The van der Waals surface area contributed by atoms with Crippen molar-refractivity contribution in [3.05, 3.63) is 0 Å². The summed E-state index contributed by atoms with van der Waals surface area (Å²) >= 11 is 0.300. The zero-order valence-corrected chi connectivity index (χ0v) is 5.52. The topological polar surface area (TPSA) is 37.3 Å². The fraction of sp³-hybridized carbons (Fsp3) is 1.00. The van der Waals surface area contributed by atoms with Gasteiger partial charge in [-0.3, -0.25) is 0 Å². The standard InChI is InChI=1S/C2H6O.O.Zr/c1-2-3;;/h3H,2H2,1H3;;. The molecule has 0 radical (unpaired) electrons. The van der Waals surface area contributed by atoms with Crippen molar-refractivity contribution in [1.29, 1.82) is 0 Å². The number of hydrogen-bond acceptors (Lipinski definition) is 2. The summed E-state index contributed by atoms with van der Waals surface area (Å²) in [6.45, 7) is 1.93. The van der Waals surface area contributed by atoms with Crippen molar-refractivity contribution in [2.45, 2.75) is 6.92 Å². The van der Waals surface area contributed by atoms with Crippen molar-refractivity contribution in [2.75, 3.05) is 6.61 Å². The van der Waals surface area contributed by atoms with E-state index in [4.69, 9.17) is 7.92 Å². The number of aliphatic hydroxyl groups excluding tert-OH is 1. The van der Waals surface area contributed by atoms with Crippen LogP contribution in [0.2, 0.25) is 0 Å². The van der Waals surface area contributed by atoms with Gasteiger partial charge in [-0.25, -0.2) is 0 Å². The van der Waals surface area contributed by atoms with Crippen LogP contribution in [0.1, 0.15) is 6.92 Å². The van der Waals surface area contributed by atoms with Crippen molar-refractivity contribution in [1.82, 2.24) is 0 Å². The summed E-state index contributed by atoms with van der Waals surface area (Å²) in [7, 11) is 0. The van der Waals surface area contributed by atoms with E-state index in [9.17, 15) is 0 Å². The van der Waals surface area contributed by atoms with Crippen molar-refractivity contribution in [3.63, 3.8) is 0 Å². The molecule has 0 rings (SSSR count). The SMILES string of the molecule is CCO.[O]=[Zr]. The van der Waals surface area contributed by atoms with Crippen LogP contribution >= 0.6 is 0 Å². The van der Waals surface area contributed by atoms with Crippen LogP contribution in [0.5, 0.6) is 0 Å². The summed E-state index contributed by atoms with van der Waals surface area (Å²) in [4.78, 5) is 0. The molecule has 0 aromatic heterocycles. The van der Waals surface area contributed by atoms with E-state index in [2.05, 4.69) is 0 Å². The van der Waals surface area contributed by atoms with Crippen LogP contribution in [0.15, 0.2) is 0 Å². The molecule has 3 heteroatoms. The van der Waals surface area contributed by atoms with E-state index in [1.54, 1.807) is 6.92 Å². The van der Waals surface area contributed by atoms with Crippen LogP contribution in [0.25, 0.3) is 0 Å². The van der Waals surface area contributed by atoms with Gasteiger partial charge in [0, 0.05) is 6.61 Å². The fourth-order valence-electron chi connectivity index (χ4n) is 0. The molecule has 2 nitrogen and oxygen atoms in total.